The van der Waals surface area contributed by atoms with E-state index in [0.29, 0.717) is 0 Å². The van der Waals surface area contributed by atoms with Crippen molar-refractivity contribution in [2.75, 3.05) is 20.1 Å². The molecule has 2 rings (SSSR count). The number of fused-ring (bicyclic) bond motifs is 1. The first-order chi connectivity index (χ1) is 9.80. The minimum Gasteiger partial charge on any atom is -0.315 e. The van der Waals surface area contributed by atoms with Crippen molar-refractivity contribution < 1.29 is 0 Å². The van der Waals surface area contributed by atoms with Crippen molar-refractivity contribution in [1.29, 1.82) is 0 Å². The van der Waals surface area contributed by atoms with Crippen LogP contribution >= 0.6 is 11.3 Å². The monoisotopic (exact) mass is 290 g/mol. The Morgan fingerprint density at radius 2 is 2.00 bits per heavy atom. The molecule has 20 heavy (non-hydrogen) atoms. The van der Waals surface area contributed by atoms with E-state index in [0.717, 1.165) is 19.6 Å². The summed E-state index contributed by atoms with van der Waals surface area (Å²) in [5, 5.41) is 4.75. The Morgan fingerprint density at radius 1 is 1.20 bits per heavy atom. The van der Waals surface area contributed by atoms with Crippen molar-refractivity contribution >= 4 is 21.4 Å². The van der Waals surface area contributed by atoms with Crippen LogP contribution in [0.1, 0.15) is 37.1 Å². The van der Waals surface area contributed by atoms with Crippen LogP contribution in [-0.4, -0.2) is 25.0 Å². The molecule has 0 fully saturated rings. The largest absolute Gasteiger partial charge is 0.315 e. The van der Waals surface area contributed by atoms with E-state index in [1.807, 2.05) is 18.4 Å². The summed E-state index contributed by atoms with van der Waals surface area (Å²) >= 11 is 1.94. The highest BCUT2D eigenvalue weighted by atomic mass is 32.1. The highest BCUT2D eigenvalue weighted by molar-refractivity contribution is 7.19. The lowest BCUT2D eigenvalue weighted by atomic mass is 10.1. The zero-order chi connectivity index (χ0) is 14.4. The SMILES string of the molecule is CCCCN(CC)Cc1c(CNC)sc2ccccc12. The summed E-state index contributed by atoms with van der Waals surface area (Å²) in [6.45, 7) is 8.92. The Balaban J connectivity index is 2.27. The van der Waals surface area contributed by atoms with Gasteiger partial charge in [0.2, 0.25) is 0 Å². The summed E-state index contributed by atoms with van der Waals surface area (Å²) in [6.07, 6.45) is 2.56. The molecule has 0 amide bonds. The molecule has 0 saturated carbocycles. The summed E-state index contributed by atoms with van der Waals surface area (Å²) < 4.78 is 1.42. The molecule has 0 aliphatic heterocycles. The van der Waals surface area contributed by atoms with Gasteiger partial charge < -0.3 is 5.32 Å². The molecule has 0 saturated heterocycles. The lowest BCUT2D eigenvalue weighted by Gasteiger charge is -2.20. The second-order valence-corrected chi connectivity index (χ2v) is 6.39. The van der Waals surface area contributed by atoms with Crippen LogP contribution in [0.5, 0.6) is 0 Å². The average Bonchev–Trinajstić information content (AvgIpc) is 2.81. The van der Waals surface area contributed by atoms with E-state index < -0.39 is 0 Å². The summed E-state index contributed by atoms with van der Waals surface area (Å²) in [7, 11) is 2.03. The summed E-state index contributed by atoms with van der Waals surface area (Å²) in [4.78, 5) is 4.06. The molecule has 2 aromatic rings. The van der Waals surface area contributed by atoms with Crippen molar-refractivity contribution in [2.45, 2.75) is 39.8 Å². The number of thiophene rings is 1. The van der Waals surface area contributed by atoms with Gasteiger partial charge in [-0.25, -0.2) is 0 Å². The van der Waals surface area contributed by atoms with E-state index in [1.54, 1.807) is 0 Å². The first-order valence-corrected chi connectivity index (χ1v) is 8.48. The molecule has 0 bridgehead atoms. The van der Waals surface area contributed by atoms with Crippen LogP contribution in [0.4, 0.5) is 0 Å². The van der Waals surface area contributed by atoms with Crippen LogP contribution < -0.4 is 5.32 Å². The Morgan fingerprint density at radius 3 is 2.70 bits per heavy atom. The number of benzene rings is 1. The van der Waals surface area contributed by atoms with Gasteiger partial charge in [0.25, 0.3) is 0 Å². The predicted octanol–water partition coefficient (Wildman–Crippen LogP) is 4.24. The third-order valence-electron chi connectivity index (χ3n) is 3.78. The zero-order valence-corrected chi connectivity index (χ0v) is 13.7. The molecular formula is C17H26N2S. The molecule has 1 heterocycles. The molecule has 3 heteroatoms. The van der Waals surface area contributed by atoms with E-state index in [1.165, 1.54) is 39.9 Å². The molecule has 1 aromatic heterocycles. The first-order valence-electron chi connectivity index (χ1n) is 7.66. The molecule has 110 valence electrons. The fourth-order valence-corrected chi connectivity index (χ4v) is 3.81. The molecule has 0 aliphatic carbocycles. The van der Waals surface area contributed by atoms with Gasteiger partial charge in [0, 0.05) is 22.7 Å². The fraction of sp³-hybridized carbons (Fsp3) is 0.529. The van der Waals surface area contributed by atoms with Gasteiger partial charge in [-0.2, -0.15) is 0 Å². The molecular weight excluding hydrogens is 264 g/mol. The Hall–Kier alpha value is -0.900. The zero-order valence-electron chi connectivity index (χ0n) is 12.9. The maximum absolute atomic E-state index is 3.31. The van der Waals surface area contributed by atoms with Gasteiger partial charge in [-0.3, -0.25) is 4.90 Å². The van der Waals surface area contributed by atoms with Crippen LogP contribution in [0.15, 0.2) is 24.3 Å². The van der Waals surface area contributed by atoms with Gasteiger partial charge in [0.15, 0.2) is 0 Å². The number of nitrogens with zero attached hydrogens (tertiary/aromatic N) is 1. The van der Waals surface area contributed by atoms with Crippen LogP contribution in [-0.2, 0) is 13.1 Å². The minimum absolute atomic E-state index is 0.972. The van der Waals surface area contributed by atoms with Crippen LogP contribution in [0.25, 0.3) is 10.1 Å². The third kappa shape index (κ3) is 3.60. The molecule has 1 aromatic carbocycles. The Bertz CT molecular complexity index is 533. The van der Waals surface area contributed by atoms with Crippen molar-refractivity contribution in [3.63, 3.8) is 0 Å². The maximum atomic E-state index is 3.31. The Labute approximate surface area is 126 Å². The van der Waals surface area contributed by atoms with E-state index in [4.69, 9.17) is 0 Å². The van der Waals surface area contributed by atoms with Gasteiger partial charge in [-0.05, 0) is 43.6 Å². The molecule has 0 aliphatic rings. The van der Waals surface area contributed by atoms with E-state index in [2.05, 4.69) is 48.3 Å². The maximum Gasteiger partial charge on any atom is 0.0349 e. The number of hydrogen-bond donors (Lipinski definition) is 1. The van der Waals surface area contributed by atoms with Gasteiger partial charge in [-0.1, -0.05) is 38.5 Å². The Kier molecular flexibility index (Phi) is 6.02. The molecule has 2 nitrogen and oxygen atoms in total. The summed E-state index contributed by atoms with van der Waals surface area (Å²) in [5.41, 5.74) is 1.53. The lowest BCUT2D eigenvalue weighted by molar-refractivity contribution is 0.276. The average molecular weight is 290 g/mol. The molecule has 0 atom stereocenters. The smallest absolute Gasteiger partial charge is 0.0349 e. The fourth-order valence-electron chi connectivity index (χ4n) is 2.58. The highest BCUT2D eigenvalue weighted by Crippen LogP contribution is 2.32. The predicted molar refractivity (Wildman–Crippen MR) is 90.4 cm³/mol. The van der Waals surface area contributed by atoms with Crippen LogP contribution in [0, 0.1) is 0 Å². The third-order valence-corrected chi connectivity index (χ3v) is 4.99. The number of hydrogen-bond acceptors (Lipinski definition) is 3. The van der Waals surface area contributed by atoms with Crippen LogP contribution in [0.3, 0.4) is 0 Å². The van der Waals surface area contributed by atoms with E-state index in [9.17, 15) is 0 Å². The minimum atomic E-state index is 0.972. The molecule has 0 radical (unpaired) electrons. The van der Waals surface area contributed by atoms with Crippen molar-refractivity contribution in [3.8, 4) is 0 Å². The number of rotatable bonds is 8. The molecule has 0 unspecified atom stereocenters. The molecule has 1 N–H and O–H groups in total. The highest BCUT2D eigenvalue weighted by Gasteiger charge is 2.14. The van der Waals surface area contributed by atoms with Crippen LogP contribution in [0.2, 0.25) is 0 Å². The van der Waals surface area contributed by atoms with Crippen molar-refractivity contribution in [2.24, 2.45) is 0 Å². The van der Waals surface area contributed by atoms with Gasteiger partial charge in [0.05, 0.1) is 0 Å². The lowest BCUT2D eigenvalue weighted by Crippen LogP contribution is -2.24. The van der Waals surface area contributed by atoms with Crippen molar-refractivity contribution in [1.82, 2.24) is 10.2 Å². The number of nitrogens with one attached hydrogen (secondary N) is 1. The van der Waals surface area contributed by atoms with Gasteiger partial charge in [-0.15, -0.1) is 11.3 Å². The second kappa shape index (κ2) is 7.77. The normalized spacial score (nSPS) is 11.6. The van der Waals surface area contributed by atoms with E-state index >= 15 is 0 Å². The van der Waals surface area contributed by atoms with Gasteiger partial charge >= 0.3 is 0 Å². The van der Waals surface area contributed by atoms with Gasteiger partial charge in [0.1, 0.15) is 0 Å². The second-order valence-electron chi connectivity index (χ2n) is 5.25. The van der Waals surface area contributed by atoms with E-state index in [-0.39, 0.29) is 0 Å². The van der Waals surface area contributed by atoms with Crippen molar-refractivity contribution in [3.05, 3.63) is 34.7 Å². The standard InChI is InChI=1S/C17H26N2S/c1-4-6-11-19(5-2)13-15-14-9-7-8-10-16(14)20-17(15)12-18-3/h7-10,18H,4-6,11-13H2,1-3H3. The summed E-state index contributed by atoms with van der Waals surface area (Å²) in [6, 6.07) is 8.81. The topological polar surface area (TPSA) is 15.3 Å². The number of unbranched alkanes of at least 4 members (excludes halogenated alkanes) is 1. The summed E-state index contributed by atoms with van der Waals surface area (Å²) in [5.74, 6) is 0. The molecule has 0 spiro atoms. The quantitative estimate of drug-likeness (QED) is 0.782. The first kappa shape index (κ1) is 15.5.